The molecule has 5 rings (SSSR count). The van der Waals surface area contributed by atoms with Crippen molar-refractivity contribution in [1.29, 1.82) is 0 Å². The smallest absolute Gasteiger partial charge is 0.275 e. The number of aryl methyl sites for hydroxylation is 1. The van der Waals surface area contributed by atoms with Gasteiger partial charge in [-0.2, -0.15) is 4.98 Å². The summed E-state index contributed by atoms with van der Waals surface area (Å²) in [5, 5.41) is 21.7. The topological polar surface area (TPSA) is 125 Å². The lowest BCUT2D eigenvalue weighted by molar-refractivity contribution is 0.366. The Hall–Kier alpha value is -3.73. The number of hydrogen-bond acceptors (Lipinski definition) is 10. The summed E-state index contributed by atoms with van der Waals surface area (Å²) in [6, 6.07) is 5.25. The molecule has 0 bridgehead atoms. The molecule has 0 spiro atoms. The number of methoxy groups -OCH3 is 2. The molecule has 3 aromatic heterocycles. The molecule has 1 aliphatic carbocycles. The van der Waals surface area contributed by atoms with Crippen LogP contribution in [0.15, 0.2) is 32.8 Å². The van der Waals surface area contributed by atoms with E-state index in [1.54, 1.807) is 18.2 Å². The van der Waals surface area contributed by atoms with Crippen molar-refractivity contribution in [3.63, 3.8) is 0 Å². The number of hydrogen-bond donors (Lipinski definition) is 1. The Morgan fingerprint density at radius 3 is 2.50 bits per heavy atom. The zero-order chi connectivity index (χ0) is 23.8. The number of nitrogens with zero attached hydrogens (tertiary/aromatic N) is 5. The average molecular weight is 482 g/mol. The number of aromatic nitrogens is 5. The van der Waals surface area contributed by atoms with Crippen molar-refractivity contribution in [2.45, 2.75) is 38.5 Å². The number of thiazole rings is 1. The molecule has 0 radical (unpaired) electrons. The summed E-state index contributed by atoms with van der Waals surface area (Å²) in [5.41, 5.74) is 0.475. The van der Waals surface area contributed by atoms with Crippen molar-refractivity contribution in [3.8, 4) is 34.5 Å². The van der Waals surface area contributed by atoms with Crippen LogP contribution in [0, 0.1) is 6.92 Å². The molecule has 1 aliphatic rings. The van der Waals surface area contributed by atoms with Gasteiger partial charge in [0.2, 0.25) is 11.8 Å². The van der Waals surface area contributed by atoms with Crippen LogP contribution in [0.2, 0.25) is 0 Å². The summed E-state index contributed by atoms with van der Waals surface area (Å²) < 4.78 is 18.3. The zero-order valence-corrected chi connectivity index (χ0v) is 19.8. The number of ether oxygens (including phenoxy) is 2. The first-order valence-electron chi connectivity index (χ1n) is 10.8. The first kappa shape index (κ1) is 22.1. The number of rotatable bonds is 7. The van der Waals surface area contributed by atoms with Gasteiger partial charge in [-0.3, -0.25) is 9.36 Å². The molecular formula is C23H23N5O5S. The van der Waals surface area contributed by atoms with Crippen LogP contribution >= 0.6 is 11.3 Å². The Morgan fingerprint density at radius 2 is 1.91 bits per heavy atom. The first-order valence-corrected chi connectivity index (χ1v) is 11.7. The van der Waals surface area contributed by atoms with Crippen molar-refractivity contribution >= 4 is 11.3 Å². The molecule has 0 saturated heterocycles. The van der Waals surface area contributed by atoms with Crippen LogP contribution in [-0.4, -0.2) is 44.1 Å². The fraction of sp³-hybridized carbons (Fsp3) is 0.348. The number of para-hydroxylation sites is 1. The molecule has 10 nitrogen and oxygen atoms in total. The molecule has 1 saturated carbocycles. The van der Waals surface area contributed by atoms with E-state index in [0.29, 0.717) is 29.4 Å². The maximum Gasteiger partial charge on any atom is 0.275 e. The molecule has 4 aromatic rings. The third-order valence-electron chi connectivity index (χ3n) is 5.87. The predicted octanol–water partition coefficient (Wildman–Crippen LogP) is 3.63. The predicted molar refractivity (Wildman–Crippen MR) is 124 cm³/mol. The molecule has 176 valence electrons. The van der Waals surface area contributed by atoms with E-state index in [0.717, 1.165) is 30.0 Å². The van der Waals surface area contributed by atoms with Gasteiger partial charge in [0.05, 0.1) is 31.3 Å². The van der Waals surface area contributed by atoms with Gasteiger partial charge in [-0.05, 0) is 31.9 Å². The van der Waals surface area contributed by atoms with Crippen LogP contribution in [0.1, 0.15) is 47.6 Å². The SMILES string of the molecule is COc1cccc(OC)c1-n1c(C2CCC2)nc(O)c(-c2nnc(Cc3csc(C)n3)o2)c1=O. The van der Waals surface area contributed by atoms with Gasteiger partial charge < -0.3 is 19.0 Å². The van der Waals surface area contributed by atoms with Gasteiger partial charge in [0.15, 0.2) is 5.56 Å². The fourth-order valence-electron chi connectivity index (χ4n) is 3.99. The van der Waals surface area contributed by atoms with E-state index in [1.807, 2.05) is 12.3 Å². The minimum Gasteiger partial charge on any atom is -0.494 e. The van der Waals surface area contributed by atoms with Crippen LogP contribution in [0.3, 0.4) is 0 Å². The van der Waals surface area contributed by atoms with E-state index < -0.39 is 11.4 Å². The van der Waals surface area contributed by atoms with Crippen LogP contribution in [-0.2, 0) is 6.42 Å². The maximum atomic E-state index is 13.9. The second-order valence-corrected chi connectivity index (χ2v) is 9.05. The normalized spacial score (nSPS) is 13.6. The highest BCUT2D eigenvalue weighted by Crippen LogP contribution is 2.40. The van der Waals surface area contributed by atoms with Crippen molar-refractivity contribution in [2.24, 2.45) is 0 Å². The van der Waals surface area contributed by atoms with Crippen molar-refractivity contribution < 1.29 is 19.0 Å². The van der Waals surface area contributed by atoms with E-state index in [9.17, 15) is 9.90 Å². The molecule has 11 heteroatoms. The largest absolute Gasteiger partial charge is 0.494 e. The van der Waals surface area contributed by atoms with Gasteiger partial charge in [0.1, 0.15) is 23.0 Å². The number of benzene rings is 1. The van der Waals surface area contributed by atoms with Gasteiger partial charge in [-0.1, -0.05) is 12.5 Å². The highest BCUT2D eigenvalue weighted by molar-refractivity contribution is 7.09. The van der Waals surface area contributed by atoms with Crippen molar-refractivity contribution in [2.75, 3.05) is 14.2 Å². The minimum absolute atomic E-state index is 0.0217. The van der Waals surface area contributed by atoms with E-state index >= 15 is 0 Å². The summed E-state index contributed by atoms with van der Waals surface area (Å²) >= 11 is 1.52. The van der Waals surface area contributed by atoms with E-state index in [2.05, 4.69) is 20.2 Å². The Kier molecular flexibility index (Phi) is 5.78. The molecule has 0 unspecified atom stereocenters. The molecule has 34 heavy (non-hydrogen) atoms. The fourth-order valence-corrected chi connectivity index (χ4v) is 4.60. The summed E-state index contributed by atoms with van der Waals surface area (Å²) in [7, 11) is 3.04. The molecule has 1 fully saturated rings. The molecular weight excluding hydrogens is 458 g/mol. The molecule has 3 heterocycles. The first-order chi connectivity index (χ1) is 16.5. The van der Waals surface area contributed by atoms with E-state index in [-0.39, 0.29) is 23.3 Å². The Balaban J connectivity index is 1.67. The summed E-state index contributed by atoms with van der Waals surface area (Å²) in [6.07, 6.45) is 3.07. The molecule has 1 aromatic carbocycles. The Labute approximate surface area is 198 Å². The minimum atomic E-state index is -0.545. The van der Waals surface area contributed by atoms with Crippen LogP contribution in [0.25, 0.3) is 17.1 Å². The second kappa shape index (κ2) is 8.90. The lowest BCUT2D eigenvalue weighted by Gasteiger charge is -2.28. The van der Waals surface area contributed by atoms with Crippen LogP contribution in [0.4, 0.5) is 0 Å². The average Bonchev–Trinajstić information content (AvgIpc) is 3.41. The summed E-state index contributed by atoms with van der Waals surface area (Å²) in [6.45, 7) is 1.91. The van der Waals surface area contributed by atoms with E-state index in [4.69, 9.17) is 13.9 Å². The van der Waals surface area contributed by atoms with Gasteiger partial charge in [-0.15, -0.1) is 21.5 Å². The van der Waals surface area contributed by atoms with Crippen molar-refractivity contribution in [1.82, 2.24) is 24.7 Å². The molecule has 0 atom stereocenters. The van der Waals surface area contributed by atoms with Crippen molar-refractivity contribution in [3.05, 3.63) is 56.3 Å². The quantitative estimate of drug-likeness (QED) is 0.421. The third-order valence-corrected chi connectivity index (χ3v) is 6.69. The summed E-state index contributed by atoms with van der Waals surface area (Å²) in [5.74, 6) is 1.06. The second-order valence-electron chi connectivity index (χ2n) is 7.98. The van der Waals surface area contributed by atoms with Crippen LogP contribution < -0.4 is 15.0 Å². The Bertz CT molecular complexity index is 1380. The maximum absolute atomic E-state index is 13.9. The van der Waals surface area contributed by atoms with Crippen LogP contribution in [0.5, 0.6) is 17.4 Å². The van der Waals surface area contributed by atoms with Gasteiger partial charge in [0.25, 0.3) is 11.4 Å². The highest BCUT2D eigenvalue weighted by atomic mass is 32.1. The standard InChI is InChI=1S/C23H23N5O5S/c1-12-24-14(11-34-12)10-17-26-27-22(33-17)18-21(29)25-20(13-6-4-7-13)28(23(18)30)19-15(31-2)8-5-9-16(19)32-3/h5,8-9,11,13,29H,4,6-7,10H2,1-3H3. The third kappa shape index (κ3) is 3.81. The van der Waals surface area contributed by atoms with E-state index in [1.165, 1.54) is 30.1 Å². The number of aromatic hydroxyl groups is 1. The lowest BCUT2D eigenvalue weighted by atomic mass is 9.84. The van der Waals surface area contributed by atoms with Gasteiger partial charge in [-0.25, -0.2) is 4.98 Å². The highest BCUT2D eigenvalue weighted by Gasteiger charge is 2.32. The lowest BCUT2D eigenvalue weighted by Crippen LogP contribution is -2.29. The van der Waals surface area contributed by atoms with Gasteiger partial charge in [0, 0.05) is 11.3 Å². The Morgan fingerprint density at radius 1 is 1.18 bits per heavy atom. The zero-order valence-electron chi connectivity index (χ0n) is 18.9. The summed E-state index contributed by atoms with van der Waals surface area (Å²) in [4.78, 5) is 22.7. The molecule has 0 amide bonds. The van der Waals surface area contributed by atoms with Gasteiger partial charge >= 0.3 is 0 Å². The molecule has 1 N–H and O–H groups in total. The monoisotopic (exact) mass is 481 g/mol. The molecule has 0 aliphatic heterocycles.